The summed E-state index contributed by atoms with van der Waals surface area (Å²) in [5.41, 5.74) is 3.53. The Morgan fingerprint density at radius 2 is 1.79 bits per heavy atom. The molecule has 1 aliphatic carbocycles. The van der Waals surface area contributed by atoms with E-state index in [0.717, 1.165) is 16.7 Å². The summed E-state index contributed by atoms with van der Waals surface area (Å²) in [5, 5.41) is 8.13. The number of anilines is 2. The lowest BCUT2D eigenvalue weighted by atomic mass is 10.1. The first-order valence-corrected chi connectivity index (χ1v) is 10.7. The molecule has 0 amide bonds. The van der Waals surface area contributed by atoms with E-state index in [0.29, 0.717) is 45.9 Å². The van der Waals surface area contributed by atoms with Gasteiger partial charge in [0.05, 0.1) is 19.9 Å². The van der Waals surface area contributed by atoms with Crippen LogP contribution in [-0.4, -0.2) is 30.1 Å². The highest BCUT2D eigenvalue weighted by Gasteiger charge is 2.32. The molecule has 0 bridgehead atoms. The van der Waals surface area contributed by atoms with E-state index >= 15 is 0 Å². The number of methoxy groups -OCH3 is 2. The molecule has 1 aliphatic rings. The van der Waals surface area contributed by atoms with Crippen LogP contribution in [0.5, 0.6) is 17.2 Å². The number of carbonyl (C=O) groups is 1. The van der Waals surface area contributed by atoms with Crippen molar-refractivity contribution in [2.24, 2.45) is 0 Å². The number of halogens is 2. The predicted molar refractivity (Wildman–Crippen MR) is 126 cm³/mol. The Hall–Kier alpha value is -4.04. The van der Waals surface area contributed by atoms with Gasteiger partial charge in [-0.05, 0) is 60.2 Å². The van der Waals surface area contributed by atoms with Gasteiger partial charge < -0.3 is 19.5 Å². The monoisotopic (exact) mass is 479 g/mol. The van der Waals surface area contributed by atoms with E-state index < -0.39 is 6.09 Å². The summed E-state index contributed by atoms with van der Waals surface area (Å²) in [4.78, 5) is 13.2. The van der Waals surface area contributed by atoms with Crippen molar-refractivity contribution in [3.63, 3.8) is 0 Å². The van der Waals surface area contributed by atoms with Crippen molar-refractivity contribution in [2.45, 2.75) is 6.42 Å². The van der Waals surface area contributed by atoms with Gasteiger partial charge in [0.1, 0.15) is 11.6 Å². The average molecular weight is 480 g/mol. The van der Waals surface area contributed by atoms with Gasteiger partial charge in [-0.25, -0.2) is 9.18 Å². The quantitative estimate of drug-likeness (QED) is 0.330. The largest absolute Gasteiger partial charge is 0.493 e. The molecule has 3 aromatic carbocycles. The van der Waals surface area contributed by atoms with Crippen molar-refractivity contribution in [3.8, 4) is 28.5 Å². The molecule has 5 rings (SSSR count). The molecule has 0 fully saturated rings. The second-order valence-corrected chi connectivity index (χ2v) is 8.02. The van der Waals surface area contributed by atoms with Crippen molar-refractivity contribution in [2.75, 3.05) is 19.5 Å². The topological polar surface area (TPSA) is 74.6 Å². The van der Waals surface area contributed by atoms with Crippen LogP contribution in [0.25, 0.3) is 11.3 Å². The Labute approximate surface area is 199 Å². The van der Waals surface area contributed by atoms with Gasteiger partial charge in [-0.1, -0.05) is 17.7 Å². The normalized spacial score (nSPS) is 11.5. The van der Waals surface area contributed by atoms with Gasteiger partial charge in [-0.15, -0.1) is 5.10 Å². The fraction of sp³-hybridized carbons (Fsp3) is 0.120. The molecule has 7 nitrogen and oxygen atoms in total. The Kier molecular flexibility index (Phi) is 5.59. The first kappa shape index (κ1) is 21.8. The van der Waals surface area contributed by atoms with E-state index in [9.17, 15) is 9.18 Å². The molecular weight excluding hydrogens is 461 g/mol. The van der Waals surface area contributed by atoms with Crippen LogP contribution in [0.3, 0.4) is 0 Å². The highest BCUT2D eigenvalue weighted by atomic mass is 35.5. The van der Waals surface area contributed by atoms with Crippen LogP contribution < -0.4 is 19.5 Å². The minimum absolute atomic E-state index is 0.323. The predicted octanol–water partition coefficient (Wildman–Crippen LogP) is 6.05. The minimum Gasteiger partial charge on any atom is -0.493 e. The van der Waals surface area contributed by atoms with Gasteiger partial charge in [0.25, 0.3) is 0 Å². The number of nitrogens with zero attached hydrogens (tertiary/aromatic N) is 2. The smallest absolute Gasteiger partial charge is 0.440 e. The third-order valence-corrected chi connectivity index (χ3v) is 5.75. The second kappa shape index (κ2) is 8.72. The van der Waals surface area contributed by atoms with Crippen LogP contribution in [0.4, 0.5) is 20.7 Å². The number of hydrogen-bond acceptors (Lipinski definition) is 6. The maximum absolute atomic E-state index is 13.8. The van der Waals surface area contributed by atoms with E-state index in [4.69, 9.17) is 25.8 Å². The van der Waals surface area contributed by atoms with Crippen molar-refractivity contribution in [1.29, 1.82) is 0 Å². The number of hydrogen-bond donors (Lipinski definition) is 1. The second-order valence-electron chi connectivity index (χ2n) is 7.59. The molecule has 1 aromatic heterocycles. The van der Waals surface area contributed by atoms with Crippen molar-refractivity contribution in [1.82, 2.24) is 9.78 Å². The van der Waals surface area contributed by atoms with E-state index in [1.807, 2.05) is 6.07 Å². The van der Waals surface area contributed by atoms with E-state index in [1.165, 1.54) is 16.8 Å². The number of carbonyl (C=O) groups excluding carboxylic acids is 1. The Morgan fingerprint density at radius 3 is 2.50 bits per heavy atom. The lowest BCUT2D eigenvalue weighted by Crippen LogP contribution is -2.19. The molecule has 0 atom stereocenters. The Bertz CT molecular complexity index is 1400. The lowest BCUT2D eigenvalue weighted by Gasteiger charge is -2.12. The highest BCUT2D eigenvalue weighted by molar-refractivity contribution is 6.30. The van der Waals surface area contributed by atoms with Crippen molar-refractivity contribution < 1.29 is 23.4 Å². The van der Waals surface area contributed by atoms with Crippen molar-refractivity contribution in [3.05, 3.63) is 82.6 Å². The molecular formula is C25H19ClFN3O4. The van der Waals surface area contributed by atoms with Gasteiger partial charge in [-0.2, -0.15) is 4.68 Å². The van der Waals surface area contributed by atoms with Gasteiger partial charge in [0, 0.05) is 28.3 Å². The molecule has 0 radical (unpaired) electrons. The zero-order chi connectivity index (χ0) is 23.8. The van der Waals surface area contributed by atoms with Gasteiger partial charge >= 0.3 is 6.09 Å². The number of fused-ring (bicyclic) bond motifs is 3. The molecule has 0 unspecified atom stereocenters. The molecule has 4 aromatic rings. The van der Waals surface area contributed by atoms with Gasteiger partial charge in [-0.3, -0.25) is 0 Å². The summed E-state index contributed by atoms with van der Waals surface area (Å²) in [6, 6.07) is 16.1. The summed E-state index contributed by atoms with van der Waals surface area (Å²) in [7, 11) is 3.11. The summed E-state index contributed by atoms with van der Waals surface area (Å²) in [6.45, 7) is 0. The molecule has 0 aliphatic heterocycles. The molecule has 0 spiro atoms. The maximum Gasteiger partial charge on any atom is 0.440 e. The fourth-order valence-corrected chi connectivity index (χ4v) is 4.08. The molecule has 1 N–H and O–H groups in total. The van der Waals surface area contributed by atoms with Crippen LogP contribution in [0.1, 0.15) is 11.1 Å². The van der Waals surface area contributed by atoms with Crippen LogP contribution in [-0.2, 0) is 6.42 Å². The number of aromatic nitrogens is 2. The molecule has 0 saturated carbocycles. The summed E-state index contributed by atoms with van der Waals surface area (Å²) >= 11 is 5.93. The van der Waals surface area contributed by atoms with Gasteiger partial charge in [0.15, 0.2) is 17.3 Å². The maximum atomic E-state index is 13.8. The Morgan fingerprint density at radius 1 is 1.06 bits per heavy atom. The summed E-state index contributed by atoms with van der Waals surface area (Å²) < 4.78 is 31.4. The zero-order valence-corrected chi connectivity index (χ0v) is 19.0. The van der Waals surface area contributed by atoms with Crippen LogP contribution in [0, 0.1) is 5.82 Å². The lowest BCUT2D eigenvalue weighted by molar-refractivity contribution is 0.199. The zero-order valence-electron chi connectivity index (χ0n) is 18.3. The number of ether oxygens (including phenoxy) is 3. The third-order valence-electron chi connectivity index (χ3n) is 5.49. The van der Waals surface area contributed by atoms with E-state index in [-0.39, 0.29) is 5.82 Å². The summed E-state index contributed by atoms with van der Waals surface area (Å²) in [6.07, 6.45) is -0.217. The van der Waals surface area contributed by atoms with Crippen LogP contribution >= 0.6 is 11.6 Å². The first-order chi connectivity index (χ1) is 16.5. The molecule has 1 heterocycles. The number of benzene rings is 3. The molecule has 172 valence electrons. The molecule has 9 heteroatoms. The number of nitrogens with one attached hydrogen (secondary N) is 1. The van der Waals surface area contributed by atoms with E-state index in [2.05, 4.69) is 10.4 Å². The van der Waals surface area contributed by atoms with Gasteiger partial charge in [0.2, 0.25) is 0 Å². The third kappa shape index (κ3) is 3.92. The summed E-state index contributed by atoms with van der Waals surface area (Å²) in [5.74, 6) is 1.45. The van der Waals surface area contributed by atoms with Crippen molar-refractivity contribution >= 4 is 29.2 Å². The highest BCUT2D eigenvalue weighted by Crippen LogP contribution is 2.45. The minimum atomic E-state index is -0.700. The average Bonchev–Trinajstić information content (AvgIpc) is 3.37. The van der Waals surface area contributed by atoms with Crippen LogP contribution in [0.2, 0.25) is 5.02 Å². The van der Waals surface area contributed by atoms with E-state index in [1.54, 1.807) is 56.7 Å². The SMILES string of the molecule is COc1cc2c(cc1OC)-c1c(c(Nc3cccc(F)c3)nn1C(=O)Oc1ccc(Cl)cc1)C2. The Balaban J connectivity index is 1.60. The number of rotatable bonds is 5. The van der Waals surface area contributed by atoms with Crippen LogP contribution in [0.15, 0.2) is 60.7 Å². The standard InChI is InChI=1S/C25H19ClFN3O4/c1-32-21-11-14-10-20-23(19(14)13-22(21)33-2)30(25(31)34-18-8-6-15(26)7-9-18)29-24(20)28-17-5-3-4-16(27)12-17/h3-9,11-13H,10H2,1-2H3,(H,28,29). The molecule has 0 saturated heterocycles. The molecule has 34 heavy (non-hydrogen) atoms. The first-order valence-electron chi connectivity index (χ1n) is 10.3. The fourth-order valence-electron chi connectivity index (χ4n) is 3.95.